The van der Waals surface area contributed by atoms with Crippen molar-refractivity contribution in [1.82, 2.24) is 10.2 Å². The summed E-state index contributed by atoms with van der Waals surface area (Å²) in [5, 5.41) is 3.28. The molecule has 0 aliphatic carbocycles. The Morgan fingerprint density at radius 1 is 1.28 bits per heavy atom. The highest BCUT2D eigenvalue weighted by molar-refractivity contribution is 5.29. The normalized spacial score (nSPS) is 18.6. The van der Waals surface area contributed by atoms with E-state index in [9.17, 15) is 0 Å². The van der Waals surface area contributed by atoms with Crippen LogP contribution in [0, 0.1) is 0 Å². The Morgan fingerprint density at radius 3 is 2.50 bits per heavy atom. The van der Waals surface area contributed by atoms with E-state index in [0.29, 0.717) is 6.04 Å². The van der Waals surface area contributed by atoms with Gasteiger partial charge in [-0.3, -0.25) is 4.90 Å². The number of morpholine rings is 1. The molecule has 4 heteroatoms. The van der Waals surface area contributed by atoms with Crippen molar-refractivity contribution >= 4 is 0 Å². The summed E-state index contributed by atoms with van der Waals surface area (Å²) in [5.74, 6) is 0.906. The first-order chi connectivity index (χ1) is 8.85. The minimum absolute atomic E-state index is 0.407. The summed E-state index contributed by atoms with van der Waals surface area (Å²) in [6.45, 7) is 4.61. The number of nitrogens with one attached hydrogen (secondary N) is 1. The maximum atomic E-state index is 5.42. The highest BCUT2D eigenvalue weighted by Gasteiger charge is 2.21. The van der Waals surface area contributed by atoms with E-state index in [1.807, 2.05) is 19.2 Å². The van der Waals surface area contributed by atoms with E-state index >= 15 is 0 Å². The fraction of sp³-hybridized carbons (Fsp3) is 0.571. The largest absolute Gasteiger partial charge is 0.497 e. The molecule has 1 aliphatic heterocycles. The highest BCUT2D eigenvalue weighted by atomic mass is 16.5. The predicted octanol–water partition coefficient (Wildman–Crippen LogP) is 1.29. The zero-order valence-electron chi connectivity index (χ0n) is 11.2. The lowest BCUT2D eigenvalue weighted by Gasteiger charge is -2.34. The average Bonchev–Trinajstić information content (AvgIpc) is 2.46. The lowest BCUT2D eigenvalue weighted by atomic mass is 10.0. The average molecular weight is 250 g/mol. The minimum Gasteiger partial charge on any atom is -0.497 e. The van der Waals surface area contributed by atoms with Crippen molar-refractivity contribution in [2.24, 2.45) is 0 Å². The topological polar surface area (TPSA) is 33.7 Å². The van der Waals surface area contributed by atoms with Gasteiger partial charge in [-0.25, -0.2) is 0 Å². The monoisotopic (exact) mass is 250 g/mol. The Labute approximate surface area is 109 Å². The van der Waals surface area contributed by atoms with Crippen molar-refractivity contribution in [2.45, 2.75) is 6.04 Å². The lowest BCUT2D eigenvalue weighted by Crippen LogP contribution is -2.42. The summed E-state index contributed by atoms with van der Waals surface area (Å²) in [6, 6.07) is 8.76. The first kappa shape index (κ1) is 13.3. The molecule has 1 aromatic rings. The van der Waals surface area contributed by atoms with E-state index < -0.39 is 0 Å². The van der Waals surface area contributed by atoms with Crippen LogP contribution < -0.4 is 10.1 Å². The highest BCUT2D eigenvalue weighted by Crippen LogP contribution is 2.23. The maximum Gasteiger partial charge on any atom is 0.118 e. The Bertz CT molecular complexity index is 347. The summed E-state index contributed by atoms with van der Waals surface area (Å²) < 4.78 is 10.6. The first-order valence-electron chi connectivity index (χ1n) is 6.45. The molecule has 0 radical (unpaired) electrons. The third-order valence-corrected chi connectivity index (χ3v) is 3.38. The van der Waals surface area contributed by atoms with Crippen LogP contribution in [-0.2, 0) is 4.74 Å². The lowest BCUT2D eigenvalue weighted by molar-refractivity contribution is 0.0165. The van der Waals surface area contributed by atoms with Crippen molar-refractivity contribution in [2.75, 3.05) is 47.0 Å². The number of ether oxygens (including phenoxy) is 2. The molecule has 1 saturated heterocycles. The Hall–Kier alpha value is -1.10. The van der Waals surface area contributed by atoms with E-state index in [0.717, 1.165) is 38.6 Å². The van der Waals surface area contributed by atoms with Gasteiger partial charge >= 0.3 is 0 Å². The van der Waals surface area contributed by atoms with E-state index in [1.54, 1.807) is 7.11 Å². The van der Waals surface area contributed by atoms with Crippen molar-refractivity contribution < 1.29 is 9.47 Å². The van der Waals surface area contributed by atoms with Gasteiger partial charge in [0, 0.05) is 25.7 Å². The van der Waals surface area contributed by atoms with E-state index in [-0.39, 0.29) is 0 Å². The number of methoxy groups -OCH3 is 1. The molecule has 18 heavy (non-hydrogen) atoms. The fourth-order valence-electron chi connectivity index (χ4n) is 2.37. The number of benzene rings is 1. The second kappa shape index (κ2) is 6.73. The molecule has 1 fully saturated rings. The molecule has 1 aromatic carbocycles. The molecule has 1 aliphatic rings. The molecule has 100 valence electrons. The van der Waals surface area contributed by atoms with Gasteiger partial charge in [0.05, 0.1) is 20.3 Å². The molecular formula is C14H22N2O2. The number of hydrogen-bond acceptors (Lipinski definition) is 4. The Kier molecular flexibility index (Phi) is 4.99. The van der Waals surface area contributed by atoms with Crippen LogP contribution in [0.4, 0.5) is 0 Å². The van der Waals surface area contributed by atoms with Crippen LogP contribution in [0.2, 0.25) is 0 Å². The van der Waals surface area contributed by atoms with Gasteiger partial charge in [0.25, 0.3) is 0 Å². The van der Waals surface area contributed by atoms with Crippen LogP contribution in [0.1, 0.15) is 11.6 Å². The first-order valence-corrected chi connectivity index (χ1v) is 6.45. The van der Waals surface area contributed by atoms with Crippen molar-refractivity contribution in [1.29, 1.82) is 0 Å². The molecular weight excluding hydrogens is 228 g/mol. The van der Waals surface area contributed by atoms with E-state index in [2.05, 4.69) is 22.3 Å². The van der Waals surface area contributed by atoms with Gasteiger partial charge in [-0.15, -0.1) is 0 Å². The Morgan fingerprint density at radius 2 is 1.94 bits per heavy atom. The Balaban J connectivity index is 2.11. The molecule has 1 atom stereocenters. The summed E-state index contributed by atoms with van der Waals surface area (Å²) in [5.41, 5.74) is 1.33. The molecule has 0 spiro atoms. The number of nitrogens with zero attached hydrogens (tertiary/aromatic N) is 1. The fourth-order valence-corrected chi connectivity index (χ4v) is 2.37. The molecule has 2 rings (SSSR count). The van der Waals surface area contributed by atoms with Crippen LogP contribution in [0.15, 0.2) is 24.3 Å². The molecule has 0 bridgehead atoms. The summed E-state index contributed by atoms with van der Waals surface area (Å²) in [7, 11) is 3.69. The van der Waals surface area contributed by atoms with Gasteiger partial charge in [0.1, 0.15) is 5.75 Å². The summed E-state index contributed by atoms with van der Waals surface area (Å²) in [6.07, 6.45) is 0. The van der Waals surface area contributed by atoms with Gasteiger partial charge < -0.3 is 14.8 Å². The quantitative estimate of drug-likeness (QED) is 0.854. The predicted molar refractivity (Wildman–Crippen MR) is 72.1 cm³/mol. The van der Waals surface area contributed by atoms with Crippen LogP contribution in [0.3, 0.4) is 0 Å². The smallest absolute Gasteiger partial charge is 0.118 e. The molecule has 0 amide bonds. The molecule has 1 N–H and O–H groups in total. The SMILES string of the molecule is CNC[C@H](c1ccc(OC)cc1)N1CCOCC1. The second-order valence-corrected chi connectivity index (χ2v) is 4.49. The second-order valence-electron chi connectivity index (χ2n) is 4.49. The number of rotatable bonds is 5. The molecule has 0 unspecified atom stereocenters. The zero-order chi connectivity index (χ0) is 12.8. The summed E-state index contributed by atoms with van der Waals surface area (Å²) >= 11 is 0. The van der Waals surface area contributed by atoms with Crippen molar-refractivity contribution in [3.8, 4) is 5.75 Å². The van der Waals surface area contributed by atoms with Crippen LogP contribution in [0.25, 0.3) is 0 Å². The van der Waals surface area contributed by atoms with Gasteiger partial charge in [-0.05, 0) is 24.7 Å². The third kappa shape index (κ3) is 3.22. The third-order valence-electron chi connectivity index (χ3n) is 3.38. The van der Waals surface area contributed by atoms with Gasteiger partial charge in [0.15, 0.2) is 0 Å². The van der Waals surface area contributed by atoms with Crippen LogP contribution >= 0.6 is 0 Å². The van der Waals surface area contributed by atoms with E-state index in [1.165, 1.54) is 5.56 Å². The van der Waals surface area contributed by atoms with Crippen LogP contribution in [0.5, 0.6) is 5.75 Å². The van der Waals surface area contributed by atoms with Crippen LogP contribution in [-0.4, -0.2) is 51.9 Å². The van der Waals surface area contributed by atoms with E-state index in [4.69, 9.17) is 9.47 Å². The van der Waals surface area contributed by atoms with Gasteiger partial charge in [-0.1, -0.05) is 12.1 Å². The molecule has 1 heterocycles. The van der Waals surface area contributed by atoms with Gasteiger partial charge in [-0.2, -0.15) is 0 Å². The molecule has 0 saturated carbocycles. The van der Waals surface area contributed by atoms with Crippen molar-refractivity contribution in [3.63, 3.8) is 0 Å². The molecule has 0 aromatic heterocycles. The minimum atomic E-state index is 0.407. The zero-order valence-corrected chi connectivity index (χ0v) is 11.2. The number of hydrogen-bond donors (Lipinski definition) is 1. The maximum absolute atomic E-state index is 5.42. The van der Waals surface area contributed by atoms with Crippen molar-refractivity contribution in [3.05, 3.63) is 29.8 Å². The van der Waals surface area contributed by atoms with Gasteiger partial charge in [0.2, 0.25) is 0 Å². The standard InChI is InChI=1S/C14H22N2O2/c1-15-11-14(16-7-9-18-10-8-16)12-3-5-13(17-2)6-4-12/h3-6,14-15H,7-11H2,1-2H3/t14-/m1/s1. The molecule has 4 nitrogen and oxygen atoms in total. The number of likely N-dealkylation sites (N-methyl/N-ethyl adjacent to an activating group) is 1. The summed E-state index contributed by atoms with van der Waals surface area (Å²) in [4.78, 5) is 2.47.